The molecular formula is C8H12O8. The number of hydrogen-bond donors (Lipinski definition) is 3. The van der Waals surface area contributed by atoms with E-state index in [1.807, 2.05) is 0 Å². The molecule has 16 heavy (non-hydrogen) atoms. The SMILES string of the molecule is O=C(O)CC(COC(=O)OCCO)C(=O)O. The molecule has 3 N–H and O–H groups in total. The first-order valence-electron chi connectivity index (χ1n) is 4.32. The Balaban J connectivity index is 3.97. The van der Waals surface area contributed by atoms with Crippen LogP contribution in [0.2, 0.25) is 0 Å². The Morgan fingerprint density at radius 3 is 2.19 bits per heavy atom. The number of ether oxygens (including phenoxy) is 2. The summed E-state index contributed by atoms with van der Waals surface area (Å²) < 4.78 is 8.63. The maximum Gasteiger partial charge on any atom is 0.508 e. The molecule has 8 nitrogen and oxygen atoms in total. The highest BCUT2D eigenvalue weighted by molar-refractivity contribution is 5.78. The molecular weight excluding hydrogens is 224 g/mol. The van der Waals surface area contributed by atoms with E-state index in [2.05, 4.69) is 9.47 Å². The van der Waals surface area contributed by atoms with Crippen LogP contribution in [0.1, 0.15) is 6.42 Å². The number of carbonyl (C=O) groups is 3. The molecule has 1 unspecified atom stereocenters. The molecule has 0 fully saturated rings. The van der Waals surface area contributed by atoms with Gasteiger partial charge in [0.2, 0.25) is 0 Å². The van der Waals surface area contributed by atoms with Gasteiger partial charge in [-0.3, -0.25) is 9.59 Å². The van der Waals surface area contributed by atoms with Gasteiger partial charge >= 0.3 is 18.1 Å². The van der Waals surface area contributed by atoms with E-state index in [1.165, 1.54) is 0 Å². The average molecular weight is 236 g/mol. The fourth-order valence-electron chi connectivity index (χ4n) is 0.768. The van der Waals surface area contributed by atoms with Crippen LogP contribution in [0, 0.1) is 5.92 Å². The van der Waals surface area contributed by atoms with Crippen molar-refractivity contribution in [3.63, 3.8) is 0 Å². The van der Waals surface area contributed by atoms with Crippen LogP contribution < -0.4 is 0 Å². The van der Waals surface area contributed by atoms with Crippen molar-refractivity contribution < 1.29 is 39.2 Å². The van der Waals surface area contributed by atoms with Crippen LogP contribution in [-0.2, 0) is 19.1 Å². The Morgan fingerprint density at radius 1 is 1.12 bits per heavy atom. The Kier molecular flexibility index (Phi) is 6.61. The van der Waals surface area contributed by atoms with Crippen LogP contribution in [0.4, 0.5) is 4.79 Å². The zero-order valence-electron chi connectivity index (χ0n) is 8.29. The number of aliphatic carboxylic acids is 2. The van der Waals surface area contributed by atoms with E-state index in [9.17, 15) is 14.4 Å². The van der Waals surface area contributed by atoms with Gasteiger partial charge < -0.3 is 24.8 Å². The van der Waals surface area contributed by atoms with Crippen molar-refractivity contribution in [1.82, 2.24) is 0 Å². The second-order valence-corrected chi connectivity index (χ2v) is 2.77. The maximum atomic E-state index is 10.7. The minimum absolute atomic E-state index is 0.268. The van der Waals surface area contributed by atoms with Gasteiger partial charge in [0.25, 0.3) is 0 Å². The largest absolute Gasteiger partial charge is 0.508 e. The second-order valence-electron chi connectivity index (χ2n) is 2.77. The van der Waals surface area contributed by atoms with E-state index in [4.69, 9.17) is 15.3 Å². The number of carboxylic acids is 2. The smallest absolute Gasteiger partial charge is 0.481 e. The van der Waals surface area contributed by atoms with Gasteiger partial charge in [-0.15, -0.1) is 0 Å². The van der Waals surface area contributed by atoms with E-state index >= 15 is 0 Å². The van der Waals surface area contributed by atoms with Gasteiger partial charge in [0.15, 0.2) is 0 Å². The second kappa shape index (κ2) is 7.46. The summed E-state index contributed by atoms with van der Waals surface area (Å²) in [5.41, 5.74) is 0. The molecule has 0 heterocycles. The van der Waals surface area contributed by atoms with Gasteiger partial charge in [0.1, 0.15) is 19.1 Å². The predicted octanol–water partition coefficient (Wildman–Crippen LogP) is -0.693. The quantitative estimate of drug-likeness (QED) is 0.495. The first-order valence-corrected chi connectivity index (χ1v) is 4.32. The molecule has 0 radical (unpaired) electrons. The Bertz CT molecular complexity index is 261. The summed E-state index contributed by atoms with van der Waals surface area (Å²) >= 11 is 0. The Hall–Kier alpha value is -1.83. The lowest BCUT2D eigenvalue weighted by Crippen LogP contribution is -2.25. The van der Waals surface area contributed by atoms with Gasteiger partial charge in [-0.2, -0.15) is 0 Å². The highest BCUT2D eigenvalue weighted by Crippen LogP contribution is 2.05. The van der Waals surface area contributed by atoms with Crippen molar-refractivity contribution in [3.8, 4) is 0 Å². The van der Waals surface area contributed by atoms with Gasteiger partial charge in [-0.25, -0.2) is 4.79 Å². The lowest BCUT2D eigenvalue weighted by atomic mass is 10.1. The topological polar surface area (TPSA) is 130 Å². The molecule has 0 aromatic heterocycles. The lowest BCUT2D eigenvalue weighted by Gasteiger charge is -2.10. The van der Waals surface area contributed by atoms with Gasteiger partial charge in [0, 0.05) is 0 Å². The van der Waals surface area contributed by atoms with Crippen LogP contribution in [0.3, 0.4) is 0 Å². The number of rotatable bonds is 7. The molecule has 1 atom stereocenters. The number of aliphatic hydroxyl groups is 1. The monoisotopic (exact) mass is 236 g/mol. The molecule has 92 valence electrons. The van der Waals surface area contributed by atoms with Crippen molar-refractivity contribution >= 4 is 18.1 Å². The fraction of sp³-hybridized carbons (Fsp3) is 0.625. The van der Waals surface area contributed by atoms with Gasteiger partial charge in [-0.1, -0.05) is 0 Å². The third kappa shape index (κ3) is 6.60. The standard InChI is InChI=1S/C8H12O8/c9-1-2-15-8(14)16-4-5(7(12)13)3-6(10)11/h5,9H,1-4H2,(H,10,11)(H,12,13). The van der Waals surface area contributed by atoms with Crippen LogP contribution in [0.25, 0.3) is 0 Å². The van der Waals surface area contributed by atoms with E-state index in [1.54, 1.807) is 0 Å². The molecule has 0 spiro atoms. The molecule has 0 saturated carbocycles. The number of aliphatic hydroxyl groups excluding tert-OH is 1. The Labute approximate surface area is 90.4 Å². The molecule has 0 amide bonds. The molecule has 8 heteroatoms. The first kappa shape index (κ1) is 14.2. The minimum Gasteiger partial charge on any atom is -0.481 e. The zero-order valence-corrected chi connectivity index (χ0v) is 8.29. The van der Waals surface area contributed by atoms with Crippen molar-refractivity contribution in [1.29, 1.82) is 0 Å². The van der Waals surface area contributed by atoms with Crippen molar-refractivity contribution in [2.75, 3.05) is 19.8 Å². The van der Waals surface area contributed by atoms with E-state index in [0.717, 1.165) is 0 Å². The summed E-state index contributed by atoms with van der Waals surface area (Å²) in [6.07, 6.45) is -1.80. The van der Waals surface area contributed by atoms with E-state index in [0.29, 0.717) is 0 Å². The summed E-state index contributed by atoms with van der Waals surface area (Å²) in [4.78, 5) is 31.5. The summed E-state index contributed by atoms with van der Waals surface area (Å²) in [6.45, 7) is -1.24. The van der Waals surface area contributed by atoms with Gasteiger partial charge in [-0.05, 0) is 0 Å². The molecule has 0 aromatic carbocycles. The Morgan fingerprint density at radius 2 is 1.75 bits per heavy atom. The summed E-state index contributed by atoms with van der Waals surface area (Å²) in [7, 11) is 0. The molecule has 0 aliphatic carbocycles. The molecule has 0 bridgehead atoms. The highest BCUT2D eigenvalue weighted by atomic mass is 16.7. The first-order chi connectivity index (χ1) is 7.47. The van der Waals surface area contributed by atoms with Crippen LogP contribution in [-0.4, -0.2) is 53.2 Å². The van der Waals surface area contributed by atoms with Gasteiger partial charge in [0.05, 0.1) is 13.0 Å². The molecule has 0 aliphatic heterocycles. The summed E-state index contributed by atoms with van der Waals surface area (Å²) in [6, 6.07) is 0. The summed E-state index contributed by atoms with van der Waals surface area (Å²) in [5, 5.41) is 25.2. The minimum atomic E-state index is -1.38. The average Bonchev–Trinajstić information content (AvgIpc) is 2.20. The number of carboxylic acid groups (broad SMARTS) is 2. The van der Waals surface area contributed by atoms with Crippen molar-refractivity contribution in [2.45, 2.75) is 6.42 Å². The van der Waals surface area contributed by atoms with Crippen LogP contribution in [0.15, 0.2) is 0 Å². The van der Waals surface area contributed by atoms with Crippen LogP contribution in [0.5, 0.6) is 0 Å². The molecule has 0 aliphatic rings. The molecule has 0 rings (SSSR count). The maximum absolute atomic E-state index is 10.7. The third-order valence-electron chi connectivity index (χ3n) is 1.48. The zero-order chi connectivity index (χ0) is 12.6. The van der Waals surface area contributed by atoms with Crippen LogP contribution >= 0.6 is 0 Å². The summed E-state index contributed by atoms with van der Waals surface area (Å²) in [5.74, 6) is -4.00. The lowest BCUT2D eigenvalue weighted by molar-refractivity contribution is -0.149. The third-order valence-corrected chi connectivity index (χ3v) is 1.48. The van der Waals surface area contributed by atoms with E-state index < -0.39 is 37.0 Å². The predicted molar refractivity (Wildman–Crippen MR) is 47.8 cm³/mol. The van der Waals surface area contributed by atoms with Crippen molar-refractivity contribution in [3.05, 3.63) is 0 Å². The highest BCUT2D eigenvalue weighted by Gasteiger charge is 2.23. The molecule has 0 saturated heterocycles. The fourth-order valence-corrected chi connectivity index (χ4v) is 0.768. The molecule has 0 aromatic rings. The number of hydrogen-bond acceptors (Lipinski definition) is 6. The normalized spacial score (nSPS) is 11.6. The van der Waals surface area contributed by atoms with E-state index in [-0.39, 0.29) is 13.2 Å². The van der Waals surface area contributed by atoms with Crippen molar-refractivity contribution in [2.24, 2.45) is 5.92 Å². The number of carbonyl (C=O) groups excluding carboxylic acids is 1.